The number of carbonyl (C=O) groups excluding carboxylic acids is 1. The number of aromatic nitrogens is 2. The second-order valence-corrected chi connectivity index (χ2v) is 7.08. The number of hydrogen-bond acceptors (Lipinski definition) is 4. The predicted molar refractivity (Wildman–Crippen MR) is 81.6 cm³/mol. The van der Waals surface area contributed by atoms with Crippen LogP contribution in [0.2, 0.25) is 0 Å². The van der Waals surface area contributed by atoms with E-state index in [9.17, 15) is 4.79 Å². The van der Waals surface area contributed by atoms with Crippen LogP contribution in [0.5, 0.6) is 0 Å². The van der Waals surface area contributed by atoms with Gasteiger partial charge in [-0.1, -0.05) is 19.9 Å². The van der Waals surface area contributed by atoms with Gasteiger partial charge in [0.1, 0.15) is 17.6 Å². The highest BCUT2D eigenvalue weighted by Crippen LogP contribution is 2.30. The number of methoxy groups -OCH3 is 1. The average Bonchev–Trinajstić information content (AvgIpc) is 3.05. The van der Waals surface area contributed by atoms with Gasteiger partial charge in [-0.2, -0.15) is 0 Å². The minimum absolute atomic E-state index is 0.0101. The van der Waals surface area contributed by atoms with Crippen molar-refractivity contribution in [2.45, 2.75) is 26.4 Å². The first-order chi connectivity index (χ1) is 10.00. The van der Waals surface area contributed by atoms with E-state index < -0.39 is 0 Å². The van der Waals surface area contributed by atoms with Gasteiger partial charge in [-0.05, 0) is 23.3 Å². The van der Waals surface area contributed by atoms with E-state index in [0.29, 0.717) is 18.1 Å². The first-order valence-corrected chi connectivity index (χ1v) is 7.81. The van der Waals surface area contributed by atoms with Crippen LogP contribution in [0.1, 0.15) is 46.8 Å². The van der Waals surface area contributed by atoms with Gasteiger partial charge in [-0.25, -0.2) is 4.98 Å². The van der Waals surface area contributed by atoms with Gasteiger partial charge in [-0.3, -0.25) is 4.79 Å². The van der Waals surface area contributed by atoms with Crippen molar-refractivity contribution in [3.05, 3.63) is 39.6 Å². The van der Waals surface area contributed by atoms with Crippen LogP contribution in [0.25, 0.3) is 0 Å². The fourth-order valence-corrected chi connectivity index (χ4v) is 3.42. The molecule has 5 nitrogen and oxygen atoms in total. The summed E-state index contributed by atoms with van der Waals surface area (Å²) in [6.07, 6.45) is 0.530. The van der Waals surface area contributed by atoms with Crippen molar-refractivity contribution in [2.24, 2.45) is 5.41 Å². The molecule has 3 heterocycles. The molecule has 0 aromatic carbocycles. The van der Waals surface area contributed by atoms with Gasteiger partial charge in [0.25, 0.3) is 5.91 Å². The van der Waals surface area contributed by atoms with Gasteiger partial charge in [0.2, 0.25) is 0 Å². The molecule has 1 aliphatic rings. The second-order valence-electron chi connectivity index (χ2n) is 6.10. The zero-order valence-corrected chi connectivity index (χ0v) is 13.2. The minimum Gasteiger partial charge on any atom is -0.368 e. The van der Waals surface area contributed by atoms with Crippen molar-refractivity contribution in [3.63, 3.8) is 0 Å². The fourth-order valence-electron chi connectivity index (χ4n) is 2.62. The first-order valence-electron chi connectivity index (χ1n) is 6.93. The number of H-pyrrole nitrogens is 1. The topological polar surface area (TPSA) is 67.0 Å². The number of thiophene rings is 1. The van der Waals surface area contributed by atoms with E-state index in [2.05, 4.69) is 29.1 Å². The van der Waals surface area contributed by atoms with Crippen molar-refractivity contribution in [3.8, 4) is 0 Å². The molecule has 3 rings (SSSR count). The van der Waals surface area contributed by atoms with E-state index in [1.165, 1.54) is 0 Å². The largest absolute Gasteiger partial charge is 0.368 e. The summed E-state index contributed by atoms with van der Waals surface area (Å²) in [7, 11) is 1.65. The zero-order chi connectivity index (χ0) is 15.0. The number of carbonyl (C=O) groups is 1. The van der Waals surface area contributed by atoms with Crippen molar-refractivity contribution in [1.29, 1.82) is 0 Å². The summed E-state index contributed by atoms with van der Waals surface area (Å²) in [5.74, 6) is 0.580. The van der Waals surface area contributed by atoms with Gasteiger partial charge >= 0.3 is 0 Å². The Bertz CT molecular complexity index is 646. The smallest absolute Gasteiger partial charge is 0.271 e. The Hall–Kier alpha value is -1.66. The molecule has 1 aliphatic heterocycles. The van der Waals surface area contributed by atoms with Crippen molar-refractivity contribution < 1.29 is 9.53 Å². The summed E-state index contributed by atoms with van der Waals surface area (Å²) in [6, 6.07) is 3.99. The number of fused-ring (bicyclic) bond motifs is 1. The number of amides is 1. The molecule has 2 N–H and O–H groups in total. The van der Waals surface area contributed by atoms with E-state index in [1.54, 1.807) is 18.4 Å². The summed E-state index contributed by atoms with van der Waals surface area (Å²) in [5.41, 5.74) is 1.40. The lowest BCUT2D eigenvalue weighted by Crippen LogP contribution is -2.32. The highest BCUT2D eigenvalue weighted by molar-refractivity contribution is 7.10. The molecule has 2 aromatic rings. The van der Waals surface area contributed by atoms with Crippen LogP contribution >= 0.6 is 11.3 Å². The van der Waals surface area contributed by atoms with Crippen LogP contribution < -0.4 is 5.32 Å². The molecule has 0 saturated carbocycles. The van der Waals surface area contributed by atoms with E-state index in [1.807, 2.05) is 17.5 Å². The standard InChI is InChI=1S/C15H19N3O2S/c1-15(2)7-9-11(14(19)16-8-15)18-13(17-9)12(20-3)10-5-4-6-21-10/h4-6,12H,7-8H2,1-3H3,(H,16,19)(H,17,18)/t12-/m0/s1. The Morgan fingerprint density at radius 1 is 1.48 bits per heavy atom. The highest BCUT2D eigenvalue weighted by atomic mass is 32.1. The summed E-state index contributed by atoms with van der Waals surface area (Å²) in [6.45, 7) is 4.93. The molecular formula is C15H19N3O2S. The highest BCUT2D eigenvalue weighted by Gasteiger charge is 2.31. The summed E-state index contributed by atoms with van der Waals surface area (Å²) in [5, 5.41) is 4.94. The monoisotopic (exact) mass is 305 g/mol. The lowest BCUT2D eigenvalue weighted by Gasteiger charge is -2.21. The van der Waals surface area contributed by atoms with Gasteiger partial charge in [0.05, 0.1) is 0 Å². The molecular weight excluding hydrogens is 286 g/mol. The molecule has 0 radical (unpaired) electrons. The van der Waals surface area contributed by atoms with Crippen LogP contribution in [0.3, 0.4) is 0 Å². The summed E-state index contributed by atoms with van der Waals surface area (Å²) in [4.78, 5) is 21.0. The van der Waals surface area contributed by atoms with Gasteiger partial charge in [-0.15, -0.1) is 11.3 Å². The Morgan fingerprint density at radius 3 is 2.95 bits per heavy atom. The van der Waals surface area contributed by atoms with Gasteiger partial charge < -0.3 is 15.0 Å². The maximum Gasteiger partial charge on any atom is 0.271 e. The third-order valence-electron chi connectivity index (χ3n) is 3.68. The normalized spacial score (nSPS) is 18.7. The summed E-state index contributed by atoms with van der Waals surface area (Å²) >= 11 is 1.62. The molecule has 1 amide bonds. The van der Waals surface area contributed by atoms with Crippen LogP contribution in [0, 0.1) is 5.41 Å². The lowest BCUT2D eigenvalue weighted by atomic mass is 9.88. The number of imidazole rings is 1. The van der Waals surface area contributed by atoms with E-state index in [4.69, 9.17) is 4.74 Å². The Morgan fingerprint density at radius 2 is 2.29 bits per heavy atom. The number of aromatic amines is 1. The third-order valence-corrected chi connectivity index (χ3v) is 4.60. The Kier molecular flexibility index (Phi) is 3.59. The third kappa shape index (κ3) is 2.73. The molecule has 0 saturated heterocycles. The van der Waals surface area contributed by atoms with Crippen LogP contribution in [-0.2, 0) is 11.2 Å². The van der Waals surface area contributed by atoms with Crippen LogP contribution in [-0.4, -0.2) is 29.5 Å². The van der Waals surface area contributed by atoms with Crippen LogP contribution in [0.4, 0.5) is 0 Å². The predicted octanol–water partition coefficient (Wildman–Crippen LogP) is 2.52. The van der Waals surface area contributed by atoms with E-state index in [-0.39, 0.29) is 17.4 Å². The number of rotatable bonds is 3. The van der Waals surface area contributed by atoms with E-state index in [0.717, 1.165) is 17.0 Å². The SMILES string of the molecule is CO[C@H](c1nc2c([nH]1)CC(C)(C)CNC2=O)c1cccs1. The van der Waals surface area contributed by atoms with E-state index >= 15 is 0 Å². The number of nitrogens with one attached hydrogen (secondary N) is 2. The van der Waals surface area contributed by atoms with Gasteiger partial charge in [0, 0.05) is 24.2 Å². The number of ether oxygens (including phenoxy) is 1. The maximum absolute atomic E-state index is 12.2. The maximum atomic E-state index is 12.2. The lowest BCUT2D eigenvalue weighted by molar-refractivity contribution is 0.0939. The minimum atomic E-state index is -0.257. The molecule has 2 aromatic heterocycles. The van der Waals surface area contributed by atoms with Gasteiger partial charge in [0.15, 0.2) is 0 Å². The molecule has 6 heteroatoms. The zero-order valence-electron chi connectivity index (χ0n) is 12.4. The second kappa shape index (κ2) is 5.27. The quantitative estimate of drug-likeness (QED) is 0.915. The van der Waals surface area contributed by atoms with Crippen molar-refractivity contribution >= 4 is 17.2 Å². The molecule has 0 bridgehead atoms. The first kappa shape index (κ1) is 14.3. The molecule has 0 unspecified atom stereocenters. The molecule has 0 fully saturated rings. The molecule has 0 spiro atoms. The van der Waals surface area contributed by atoms with Crippen molar-refractivity contribution in [1.82, 2.24) is 15.3 Å². The Balaban J connectivity index is 2.00. The molecule has 112 valence electrons. The molecule has 1 atom stereocenters. The summed E-state index contributed by atoms with van der Waals surface area (Å²) < 4.78 is 5.56. The van der Waals surface area contributed by atoms with Crippen LogP contribution in [0.15, 0.2) is 17.5 Å². The number of hydrogen-bond donors (Lipinski definition) is 2. The molecule has 21 heavy (non-hydrogen) atoms. The Labute approximate surface area is 127 Å². The van der Waals surface area contributed by atoms with Crippen molar-refractivity contribution in [2.75, 3.05) is 13.7 Å². The molecule has 0 aliphatic carbocycles. The number of nitrogens with zero attached hydrogens (tertiary/aromatic N) is 1. The fraction of sp³-hybridized carbons (Fsp3) is 0.467. The average molecular weight is 305 g/mol.